The Hall–Kier alpha value is -1.16. The van der Waals surface area contributed by atoms with Crippen LogP contribution in [0.2, 0.25) is 0 Å². The maximum Gasteiger partial charge on any atom is 0.138 e. The lowest BCUT2D eigenvalue weighted by molar-refractivity contribution is -0.128. The van der Waals surface area contributed by atoms with Gasteiger partial charge in [-0.1, -0.05) is 12.1 Å². The number of nitrogens with zero attached hydrogens (tertiary/aromatic N) is 2. The summed E-state index contributed by atoms with van der Waals surface area (Å²) in [5, 5.41) is 4.02. The molecule has 0 saturated carbocycles. The van der Waals surface area contributed by atoms with Crippen molar-refractivity contribution in [1.82, 2.24) is 10.1 Å². The maximum absolute atomic E-state index is 11.7. The molecule has 0 radical (unpaired) electrons. The number of carbonyl (C=O) groups excluding carboxylic acids is 1. The molecule has 1 fully saturated rings. The van der Waals surface area contributed by atoms with E-state index in [9.17, 15) is 4.79 Å². The molecule has 1 aromatic heterocycles. The molecule has 1 aliphatic heterocycles. The fraction of sp³-hybridized carbons (Fsp3) is 0.714. The summed E-state index contributed by atoms with van der Waals surface area (Å²) in [4.78, 5) is 14.1. The average molecular weight is 250 g/mol. The fourth-order valence-electron chi connectivity index (χ4n) is 3.03. The molecule has 1 aliphatic rings. The molecule has 1 aromatic rings. The van der Waals surface area contributed by atoms with Crippen LogP contribution in [-0.4, -0.2) is 28.4 Å². The molecule has 0 bridgehead atoms. The summed E-state index contributed by atoms with van der Waals surface area (Å²) in [6, 6.07) is 0.525. The van der Waals surface area contributed by atoms with Crippen LogP contribution in [0.4, 0.5) is 0 Å². The van der Waals surface area contributed by atoms with Gasteiger partial charge >= 0.3 is 0 Å². The molecule has 4 nitrogen and oxygen atoms in total. The zero-order valence-corrected chi connectivity index (χ0v) is 11.9. The quantitative estimate of drug-likeness (QED) is 0.809. The minimum Gasteiger partial charge on any atom is -0.361 e. The van der Waals surface area contributed by atoms with Gasteiger partial charge in [0.25, 0.3) is 0 Å². The average Bonchev–Trinajstić information content (AvgIpc) is 2.65. The molecule has 0 N–H and O–H groups in total. The molecule has 1 saturated heterocycles. The van der Waals surface area contributed by atoms with Gasteiger partial charge in [0.2, 0.25) is 0 Å². The molecule has 18 heavy (non-hydrogen) atoms. The van der Waals surface area contributed by atoms with Crippen LogP contribution in [0.3, 0.4) is 0 Å². The van der Waals surface area contributed by atoms with E-state index in [2.05, 4.69) is 23.9 Å². The monoisotopic (exact) mass is 250 g/mol. The number of Topliss-reactive ketones (excluding diaryl/α,β-unsaturated/α-hetero) is 1. The van der Waals surface area contributed by atoms with Crippen molar-refractivity contribution in [3.63, 3.8) is 0 Å². The number of piperidine rings is 1. The molecular weight excluding hydrogens is 228 g/mol. The first-order chi connectivity index (χ1) is 8.43. The van der Waals surface area contributed by atoms with Crippen LogP contribution < -0.4 is 0 Å². The first-order valence-electron chi connectivity index (χ1n) is 6.64. The van der Waals surface area contributed by atoms with E-state index in [1.54, 1.807) is 0 Å². The third-order valence-electron chi connectivity index (χ3n) is 4.37. The van der Waals surface area contributed by atoms with Crippen molar-refractivity contribution in [2.24, 2.45) is 5.92 Å². The van der Waals surface area contributed by atoms with Crippen molar-refractivity contribution in [1.29, 1.82) is 0 Å². The number of ketones is 1. The lowest BCUT2D eigenvalue weighted by Crippen LogP contribution is -2.47. The highest BCUT2D eigenvalue weighted by atomic mass is 16.5. The Kier molecular flexibility index (Phi) is 3.57. The van der Waals surface area contributed by atoms with Gasteiger partial charge in [0.15, 0.2) is 0 Å². The SMILES string of the molecule is Cc1noc(C)c1C(C)N1CCC(=O)C(C)C1C. The van der Waals surface area contributed by atoms with Crippen LogP contribution in [0.5, 0.6) is 0 Å². The smallest absolute Gasteiger partial charge is 0.138 e. The van der Waals surface area contributed by atoms with Crippen molar-refractivity contribution < 1.29 is 9.32 Å². The van der Waals surface area contributed by atoms with Crippen molar-refractivity contribution in [3.05, 3.63) is 17.0 Å². The molecule has 0 aliphatic carbocycles. The second kappa shape index (κ2) is 4.84. The number of hydrogen-bond acceptors (Lipinski definition) is 4. The summed E-state index contributed by atoms with van der Waals surface area (Å²) >= 11 is 0. The van der Waals surface area contributed by atoms with E-state index >= 15 is 0 Å². The second-order valence-corrected chi connectivity index (χ2v) is 5.40. The van der Waals surface area contributed by atoms with Gasteiger partial charge in [0.1, 0.15) is 11.5 Å². The van der Waals surface area contributed by atoms with E-state index in [1.807, 2.05) is 20.8 Å². The van der Waals surface area contributed by atoms with Crippen LogP contribution in [0.1, 0.15) is 50.3 Å². The first kappa shape index (κ1) is 13.3. The van der Waals surface area contributed by atoms with Crippen LogP contribution in [0, 0.1) is 19.8 Å². The van der Waals surface area contributed by atoms with E-state index < -0.39 is 0 Å². The van der Waals surface area contributed by atoms with E-state index in [1.165, 1.54) is 5.56 Å². The van der Waals surface area contributed by atoms with Gasteiger partial charge in [-0.2, -0.15) is 0 Å². The van der Waals surface area contributed by atoms with E-state index in [0.29, 0.717) is 12.2 Å². The molecule has 4 heteroatoms. The van der Waals surface area contributed by atoms with Crippen molar-refractivity contribution in [2.45, 2.75) is 53.1 Å². The summed E-state index contributed by atoms with van der Waals surface area (Å²) in [6.07, 6.45) is 0.652. The maximum atomic E-state index is 11.7. The highest BCUT2D eigenvalue weighted by Gasteiger charge is 2.35. The highest BCUT2D eigenvalue weighted by Crippen LogP contribution is 2.32. The zero-order chi connectivity index (χ0) is 13.4. The minimum absolute atomic E-state index is 0.113. The molecule has 3 unspecified atom stereocenters. The molecule has 2 heterocycles. The summed E-state index contributed by atoms with van der Waals surface area (Å²) in [6.45, 7) is 11.1. The Bertz CT molecular complexity index is 433. The van der Waals surface area contributed by atoms with Gasteiger partial charge in [0.05, 0.1) is 5.69 Å². The Morgan fingerprint density at radius 3 is 2.61 bits per heavy atom. The molecule has 2 rings (SSSR count). The third-order valence-corrected chi connectivity index (χ3v) is 4.37. The predicted octanol–water partition coefficient (Wildman–Crippen LogP) is 2.65. The van der Waals surface area contributed by atoms with E-state index in [0.717, 1.165) is 18.0 Å². The van der Waals surface area contributed by atoms with Crippen molar-refractivity contribution in [2.75, 3.05) is 6.54 Å². The van der Waals surface area contributed by atoms with Gasteiger partial charge < -0.3 is 4.52 Å². The summed E-state index contributed by atoms with van der Waals surface area (Å²) in [5.74, 6) is 1.38. The van der Waals surface area contributed by atoms with Gasteiger partial charge in [0, 0.05) is 36.5 Å². The molecule has 0 aromatic carbocycles. The molecule has 3 atom stereocenters. The lowest BCUT2D eigenvalue weighted by Gasteiger charge is -2.40. The summed E-state index contributed by atoms with van der Waals surface area (Å²) in [5.41, 5.74) is 2.13. The van der Waals surface area contributed by atoms with Gasteiger partial charge in [-0.05, 0) is 27.7 Å². The van der Waals surface area contributed by atoms with Crippen LogP contribution in [0.15, 0.2) is 4.52 Å². The second-order valence-electron chi connectivity index (χ2n) is 5.40. The van der Waals surface area contributed by atoms with Crippen molar-refractivity contribution >= 4 is 5.78 Å². The molecule has 0 amide bonds. The summed E-state index contributed by atoms with van der Waals surface area (Å²) < 4.78 is 5.25. The Morgan fingerprint density at radius 2 is 2.06 bits per heavy atom. The Balaban J connectivity index is 2.24. The normalized spacial score (nSPS) is 27.5. The van der Waals surface area contributed by atoms with Crippen LogP contribution in [-0.2, 0) is 4.79 Å². The van der Waals surface area contributed by atoms with E-state index in [4.69, 9.17) is 4.52 Å². The third kappa shape index (κ3) is 2.09. The van der Waals surface area contributed by atoms with Crippen LogP contribution >= 0.6 is 0 Å². The van der Waals surface area contributed by atoms with Gasteiger partial charge in [-0.25, -0.2) is 0 Å². The number of aromatic nitrogens is 1. The Labute approximate surface area is 108 Å². The molecular formula is C14H22N2O2. The van der Waals surface area contributed by atoms with Crippen molar-refractivity contribution in [3.8, 4) is 0 Å². The number of carbonyl (C=O) groups is 1. The topological polar surface area (TPSA) is 46.3 Å². The van der Waals surface area contributed by atoms with Crippen LogP contribution in [0.25, 0.3) is 0 Å². The number of aryl methyl sites for hydroxylation is 2. The standard InChI is InChI=1S/C14H22N2O2/c1-8-10(3)16(7-6-13(8)17)11(4)14-9(2)15-18-12(14)5/h8,10-11H,6-7H2,1-5H3. The van der Waals surface area contributed by atoms with Gasteiger partial charge in [-0.3, -0.25) is 9.69 Å². The number of hydrogen-bond donors (Lipinski definition) is 0. The zero-order valence-electron chi connectivity index (χ0n) is 11.9. The first-order valence-corrected chi connectivity index (χ1v) is 6.64. The summed E-state index contributed by atoms with van der Waals surface area (Å²) in [7, 11) is 0. The lowest BCUT2D eigenvalue weighted by atomic mass is 9.88. The Morgan fingerprint density at radius 1 is 1.39 bits per heavy atom. The molecule has 0 spiro atoms. The number of rotatable bonds is 2. The van der Waals surface area contributed by atoms with Gasteiger partial charge in [-0.15, -0.1) is 0 Å². The molecule has 100 valence electrons. The fourth-order valence-corrected chi connectivity index (χ4v) is 3.03. The largest absolute Gasteiger partial charge is 0.361 e. The number of likely N-dealkylation sites (tertiary alicyclic amines) is 1. The highest BCUT2D eigenvalue weighted by molar-refractivity contribution is 5.82. The minimum atomic E-state index is 0.113. The van der Waals surface area contributed by atoms with E-state index in [-0.39, 0.29) is 18.0 Å². The predicted molar refractivity (Wildman–Crippen MR) is 69.3 cm³/mol.